The van der Waals surface area contributed by atoms with Crippen LogP contribution in [0.25, 0.3) is 0 Å². The highest BCUT2D eigenvalue weighted by Crippen LogP contribution is 2.17. The Hall–Kier alpha value is -0.530. The first kappa shape index (κ1) is 11.5. The first-order chi connectivity index (χ1) is 6.52. The van der Waals surface area contributed by atoms with Crippen LogP contribution in [0, 0.1) is 13.8 Å². The first-order valence-corrected chi connectivity index (χ1v) is 5.22. The number of rotatable bonds is 3. The van der Waals surface area contributed by atoms with Crippen molar-refractivity contribution in [2.24, 2.45) is 0 Å². The molecular weight excluding hydrogens is 219 g/mol. The third-order valence-electron chi connectivity index (χ3n) is 2.36. The highest BCUT2D eigenvalue weighted by Gasteiger charge is 2.14. The first-order valence-electron chi connectivity index (χ1n) is 4.41. The minimum absolute atomic E-state index is 0.493. The molecule has 1 unspecified atom stereocenters. The van der Waals surface area contributed by atoms with Gasteiger partial charge < -0.3 is 0 Å². The molecule has 1 aromatic rings. The zero-order valence-electron chi connectivity index (χ0n) is 8.18. The van der Waals surface area contributed by atoms with Crippen molar-refractivity contribution in [3.8, 4) is 0 Å². The van der Waals surface area contributed by atoms with E-state index in [1.165, 1.54) is 11.1 Å². The van der Waals surface area contributed by atoms with Crippen molar-refractivity contribution in [3.63, 3.8) is 0 Å². The third kappa shape index (κ3) is 2.73. The summed E-state index contributed by atoms with van der Waals surface area (Å²) in [6, 6.07) is 5.96. The third-order valence-corrected chi connectivity index (χ3v) is 3.09. The molecule has 1 rings (SSSR count). The fourth-order valence-electron chi connectivity index (χ4n) is 1.31. The van der Waals surface area contributed by atoms with E-state index in [0.29, 0.717) is 6.42 Å². The SMILES string of the molecule is Cc1cccc(CC(Cl)C(=O)Cl)c1C. The molecule has 0 radical (unpaired) electrons. The largest absolute Gasteiger partial charge is 0.280 e. The van der Waals surface area contributed by atoms with Crippen molar-refractivity contribution in [2.75, 3.05) is 0 Å². The van der Waals surface area contributed by atoms with E-state index < -0.39 is 10.6 Å². The molecular formula is C11H12Cl2O. The average Bonchev–Trinajstić information content (AvgIpc) is 2.12. The summed E-state index contributed by atoms with van der Waals surface area (Å²) >= 11 is 11.1. The molecule has 0 saturated carbocycles. The van der Waals surface area contributed by atoms with E-state index in [0.717, 1.165) is 5.56 Å². The van der Waals surface area contributed by atoms with Crippen molar-refractivity contribution in [3.05, 3.63) is 34.9 Å². The van der Waals surface area contributed by atoms with Crippen LogP contribution in [0.2, 0.25) is 0 Å². The number of hydrogen-bond acceptors (Lipinski definition) is 1. The Morgan fingerprint density at radius 3 is 2.64 bits per heavy atom. The summed E-state index contributed by atoms with van der Waals surface area (Å²) in [5, 5.41) is -1.12. The van der Waals surface area contributed by atoms with Crippen molar-refractivity contribution < 1.29 is 4.79 Å². The molecule has 0 saturated heterocycles. The number of hydrogen-bond donors (Lipinski definition) is 0. The molecule has 0 spiro atoms. The molecule has 0 aliphatic carbocycles. The van der Waals surface area contributed by atoms with Crippen LogP contribution in [-0.4, -0.2) is 10.6 Å². The Kier molecular flexibility index (Phi) is 3.97. The Bertz CT molecular complexity index is 347. The molecule has 0 bridgehead atoms. The zero-order chi connectivity index (χ0) is 10.7. The number of benzene rings is 1. The van der Waals surface area contributed by atoms with Gasteiger partial charge in [0.05, 0.1) is 0 Å². The molecule has 0 aromatic heterocycles. The standard InChI is InChI=1S/C11H12Cl2O/c1-7-4-3-5-9(8(7)2)6-10(12)11(13)14/h3-5,10H,6H2,1-2H3. The predicted octanol–water partition coefficient (Wildman–Crippen LogP) is 3.22. The number of alkyl halides is 1. The van der Waals surface area contributed by atoms with Gasteiger partial charge in [-0.25, -0.2) is 0 Å². The lowest BCUT2D eigenvalue weighted by Crippen LogP contribution is -2.12. The maximum absolute atomic E-state index is 10.8. The average molecular weight is 231 g/mol. The second-order valence-corrected chi connectivity index (χ2v) is 4.23. The van der Waals surface area contributed by atoms with Gasteiger partial charge in [-0.3, -0.25) is 4.79 Å². The van der Waals surface area contributed by atoms with Crippen molar-refractivity contribution >= 4 is 28.4 Å². The second-order valence-electron chi connectivity index (χ2n) is 3.33. The summed E-state index contributed by atoms with van der Waals surface area (Å²) in [7, 11) is 0. The molecule has 0 aliphatic rings. The Morgan fingerprint density at radius 1 is 1.43 bits per heavy atom. The van der Waals surface area contributed by atoms with E-state index in [1.807, 2.05) is 32.0 Å². The molecule has 1 atom stereocenters. The topological polar surface area (TPSA) is 17.1 Å². The van der Waals surface area contributed by atoms with Crippen molar-refractivity contribution in [1.29, 1.82) is 0 Å². The van der Waals surface area contributed by atoms with E-state index >= 15 is 0 Å². The van der Waals surface area contributed by atoms with Gasteiger partial charge in [0.2, 0.25) is 5.24 Å². The summed E-state index contributed by atoms with van der Waals surface area (Å²) in [6.07, 6.45) is 0.497. The van der Waals surface area contributed by atoms with Crippen LogP contribution in [-0.2, 0) is 11.2 Å². The number of carbonyl (C=O) groups is 1. The molecule has 0 N–H and O–H groups in total. The lowest BCUT2D eigenvalue weighted by atomic mass is 10.00. The quantitative estimate of drug-likeness (QED) is 0.576. The van der Waals surface area contributed by atoms with Crippen LogP contribution >= 0.6 is 23.2 Å². The van der Waals surface area contributed by atoms with Crippen LogP contribution in [0.5, 0.6) is 0 Å². The monoisotopic (exact) mass is 230 g/mol. The molecule has 0 fully saturated rings. The lowest BCUT2D eigenvalue weighted by Gasteiger charge is -2.09. The van der Waals surface area contributed by atoms with Crippen LogP contribution in [0.1, 0.15) is 16.7 Å². The molecule has 1 nitrogen and oxygen atoms in total. The fourth-order valence-corrected chi connectivity index (χ4v) is 1.55. The van der Waals surface area contributed by atoms with Crippen molar-refractivity contribution in [1.82, 2.24) is 0 Å². The summed E-state index contributed by atoms with van der Waals surface area (Å²) in [5.41, 5.74) is 3.46. The predicted molar refractivity (Wildman–Crippen MR) is 60.1 cm³/mol. The normalized spacial score (nSPS) is 12.6. The number of aryl methyl sites for hydroxylation is 1. The van der Waals surface area contributed by atoms with E-state index in [9.17, 15) is 4.79 Å². The van der Waals surface area contributed by atoms with Crippen LogP contribution in [0.4, 0.5) is 0 Å². The van der Waals surface area contributed by atoms with E-state index in [4.69, 9.17) is 23.2 Å². The van der Waals surface area contributed by atoms with Gasteiger partial charge >= 0.3 is 0 Å². The van der Waals surface area contributed by atoms with Gasteiger partial charge in [-0.1, -0.05) is 18.2 Å². The van der Waals surface area contributed by atoms with Gasteiger partial charge in [0.1, 0.15) is 5.38 Å². The molecule has 0 amide bonds. The van der Waals surface area contributed by atoms with Crippen molar-refractivity contribution in [2.45, 2.75) is 25.6 Å². The van der Waals surface area contributed by atoms with Gasteiger partial charge in [-0.15, -0.1) is 11.6 Å². The molecule has 76 valence electrons. The van der Waals surface area contributed by atoms with Crippen LogP contribution in [0.15, 0.2) is 18.2 Å². The highest BCUT2D eigenvalue weighted by molar-refractivity contribution is 6.69. The van der Waals surface area contributed by atoms with Crippen LogP contribution < -0.4 is 0 Å². The summed E-state index contributed by atoms with van der Waals surface area (Å²) in [6.45, 7) is 4.05. The minimum atomic E-state index is -0.628. The molecule has 1 aromatic carbocycles. The van der Waals surface area contributed by atoms with E-state index in [2.05, 4.69) is 0 Å². The maximum Gasteiger partial charge on any atom is 0.239 e. The summed E-state index contributed by atoms with van der Waals surface area (Å²) < 4.78 is 0. The van der Waals surface area contributed by atoms with Gasteiger partial charge in [0, 0.05) is 0 Å². The molecule has 0 aliphatic heterocycles. The Balaban J connectivity index is 2.87. The van der Waals surface area contributed by atoms with Crippen LogP contribution in [0.3, 0.4) is 0 Å². The van der Waals surface area contributed by atoms with E-state index in [1.54, 1.807) is 0 Å². The number of halogens is 2. The smallest absolute Gasteiger partial charge is 0.239 e. The maximum atomic E-state index is 10.8. The van der Waals surface area contributed by atoms with Gasteiger partial charge in [-0.2, -0.15) is 0 Å². The summed E-state index contributed by atoms with van der Waals surface area (Å²) in [4.78, 5) is 10.8. The summed E-state index contributed by atoms with van der Waals surface area (Å²) in [5.74, 6) is 0. The molecule has 0 heterocycles. The Morgan fingerprint density at radius 2 is 2.07 bits per heavy atom. The minimum Gasteiger partial charge on any atom is -0.280 e. The molecule has 3 heteroatoms. The zero-order valence-corrected chi connectivity index (χ0v) is 9.69. The molecule has 14 heavy (non-hydrogen) atoms. The highest BCUT2D eigenvalue weighted by atomic mass is 35.5. The Labute approximate surface area is 94.0 Å². The van der Waals surface area contributed by atoms with Gasteiger partial charge in [-0.05, 0) is 48.6 Å². The van der Waals surface area contributed by atoms with Gasteiger partial charge in [0.15, 0.2) is 0 Å². The van der Waals surface area contributed by atoms with E-state index in [-0.39, 0.29) is 0 Å². The fraction of sp³-hybridized carbons (Fsp3) is 0.364. The lowest BCUT2D eigenvalue weighted by molar-refractivity contribution is -0.111. The number of carbonyl (C=O) groups excluding carboxylic acids is 1. The van der Waals surface area contributed by atoms with Gasteiger partial charge in [0.25, 0.3) is 0 Å². The second kappa shape index (κ2) is 4.81.